The molecule has 0 aliphatic carbocycles. The Morgan fingerprint density at radius 2 is 1.88 bits per heavy atom. The predicted molar refractivity (Wildman–Crippen MR) is 97.5 cm³/mol. The largest absolute Gasteiger partial charge is 0.487 e. The molecule has 0 unspecified atom stereocenters. The molecular formula is C15H11Cl3N6O. The SMILES string of the molecule is Nc1nnnn1/N=C\c1cc(Cl)cc(Cl)c1OCc1ccc(Cl)cc1. The summed E-state index contributed by atoms with van der Waals surface area (Å²) < 4.78 is 5.83. The van der Waals surface area contributed by atoms with Crippen LogP contribution in [0.4, 0.5) is 5.95 Å². The van der Waals surface area contributed by atoms with Crippen molar-refractivity contribution in [3.8, 4) is 5.75 Å². The number of benzene rings is 2. The van der Waals surface area contributed by atoms with Crippen molar-refractivity contribution >= 4 is 47.0 Å². The first kappa shape index (κ1) is 17.5. The molecule has 0 amide bonds. The fourth-order valence-electron chi connectivity index (χ4n) is 1.95. The van der Waals surface area contributed by atoms with Crippen molar-refractivity contribution in [3.05, 3.63) is 62.6 Å². The zero-order chi connectivity index (χ0) is 17.8. The third-order valence-electron chi connectivity index (χ3n) is 3.12. The van der Waals surface area contributed by atoms with Gasteiger partial charge in [0.15, 0.2) is 0 Å². The van der Waals surface area contributed by atoms with Crippen LogP contribution in [0.3, 0.4) is 0 Å². The second-order valence-electron chi connectivity index (χ2n) is 4.89. The first-order valence-corrected chi connectivity index (χ1v) is 8.11. The average Bonchev–Trinajstić information content (AvgIpc) is 2.98. The second kappa shape index (κ2) is 7.69. The van der Waals surface area contributed by atoms with E-state index in [0.29, 0.717) is 33.0 Å². The molecule has 128 valence electrons. The van der Waals surface area contributed by atoms with Gasteiger partial charge in [-0.3, -0.25) is 0 Å². The number of nitrogens with two attached hydrogens (primary N) is 1. The smallest absolute Gasteiger partial charge is 0.263 e. The van der Waals surface area contributed by atoms with Crippen LogP contribution in [-0.4, -0.2) is 26.5 Å². The molecule has 0 fully saturated rings. The summed E-state index contributed by atoms with van der Waals surface area (Å²) in [6.45, 7) is 0.298. The molecule has 3 aromatic rings. The van der Waals surface area contributed by atoms with Gasteiger partial charge in [0, 0.05) is 15.6 Å². The van der Waals surface area contributed by atoms with E-state index in [1.54, 1.807) is 24.3 Å². The summed E-state index contributed by atoms with van der Waals surface area (Å²) in [5, 5.41) is 16.1. The van der Waals surface area contributed by atoms with Crippen LogP contribution in [0.15, 0.2) is 41.5 Å². The highest BCUT2D eigenvalue weighted by Crippen LogP contribution is 2.32. The standard InChI is InChI=1S/C15H11Cl3N6O/c16-11-3-1-9(2-4-11)8-25-14-10(5-12(17)6-13(14)18)7-20-24-15(19)21-22-23-24/h1-7H,8H2,(H2,19,21,23)/b20-7-. The van der Waals surface area contributed by atoms with E-state index >= 15 is 0 Å². The van der Waals surface area contributed by atoms with Gasteiger partial charge in [-0.1, -0.05) is 56.8 Å². The van der Waals surface area contributed by atoms with Crippen LogP contribution >= 0.6 is 34.8 Å². The molecule has 0 spiro atoms. The van der Waals surface area contributed by atoms with Gasteiger partial charge in [-0.05, 0) is 40.3 Å². The first-order valence-electron chi connectivity index (χ1n) is 6.97. The van der Waals surface area contributed by atoms with Gasteiger partial charge < -0.3 is 10.5 Å². The van der Waals surface area contributed by atoms with Crippen LogP contribution in [0.2, 0.25) is 15.1 Å². The number of rotatable bonds is 5. The van der Waals surface area contributed by atoms with Crippen molar-refractivity contribution in [3.63, 3.8) is 0 Å². The molecule has 0 atom stereocenters. The number of nitrogen functional groups attached to an aromatic ring is 1. The van der Waals surface area contributed by atoms with Crippen LogP contribution in [-0.2, 0) is 6.61 Å². The molecule has 25 heavy (non-hydrogen) atoms. The van der Waals surface area contributed by atoms with Gasteiger partial charge >= 0.3 is 0 Å². The maximum Gasteiger partial charge on any atom is 0.263 e. The molecule has 0 aliphatic heterocycles. The summed E-state index contributed by atoms with van der Waals surface area (Å²) in [7, 11) is 0. The van der Waals surface area contributed by atoms with Crippen LogP contribution < -0.4 is 10.5 Å². The number of hydrogen-bond donors (Lipinski definition) is 1. The monoisotopic (exact) mass is 396 g/mol. The third-order valence-corrected chi connectivity index (χ3v) is 3.87. The third kappa shape index (κ3) is 4.39. The zero-order valence-corrected chi connectivity index (χ0v) is 14.9. The Labute approximate surface area is 157 Å². The Balaban J connectivity index is 1.86. The number of halogens is 3. The lowest BCUT2D eigenvalue weighted by atomic mass is 10.2. The van der Waals surface area contributed by atoms with E-state index in [4.69, 9.17) is 45.3 Å². The maximum absolute atomic E-state index is 6.25. The van der Waals surface area contributed by atoms with Crippen LogP contribution in [0.25, 0.3) is 0 Å². The number of nitrogens with zero attached hydrogens (tertiary/aromatic N) is 5. The zero-order valence-electron chi connectivity index (χ0n) is 12.6. The molecule has 0 radical (unpaired) electrons. The average molecular weight is 398 g/mol. The lowest BCUT2D eigenvalue weighted by Crippen LogP contribution is -2.02. The van der Waals surface area contributed by atoms with Crippen molar-refractivity contribution in [2.24, 2.45) is 5.10 Å². The molecule has 2 aromatic carbocycles. The molecule has 1 aromatic heterocycles. The molecule has 3 rings (SSSR count). The van der Waals surface area contributed by atoms with Gasteiger partial charge in [-0.15, -0.1) is 0 Å². The highest BCUT2D eigenvalue weighted by Gasteiger charge is 2.11. The molecular weight excluding hydrogens is 387 g/mol. The van der Waals surface area contributed by atoms with E-state index < -0.39 is 0 Å². The summed E-state index contributed by atoms with van der Waals surface area (Å²) in [6.07, 6.45) is 1.46. The predicted octanol–water partition coefficient (Wildman–Crippen LogP) is 3.68. The molecule has 0 aliphatic rings. The van der Waals surface area contributed by atoms with E-state index in [1.807, 2.05) is 12.1 Å². The molecule has 2 N–H and O–H groups in total. The first-order chi connectivity index (χ1) is 12.0. The Kier molecular flexibility index (Phi) is 5.37. The summed E-state index contributed by atoms with van der Waals surface area (Å²) in [5.41, 5.74) is 7.06. The minimum Gasteiger partial charge on any atom is -0.487 e. The van der Waals surface area contributed by atoms with E-state index in [2.05, 4.69) is 20.6 Å². The van der Waals surface area contributed by atoms with Gasteiger partial charge in [0.25, 0.3) is 5.95 Å². The Morgan fingerprint density at radius 1 is 1.12 bits per heavy atom. The van der Waals surface area contributed by atoms with E-state index in [1.165, 1.54) is 6.21 Å². The maximum atomic E-state index is 6.25. The quantitative estimate of drug-likeness (QED) is 0.663. The van der Waals surface area contributed by atoms with Crippen molar-refractivity contribution < 1.29 is 4.74 Å². The fourth-order valence-corrected chi connectivity index (χ4v) is 2.64. The molecule has 0 bridgehead atoms. The van der Waals surface area contributed by atoms with Crippen LogP contribution in [0.1, 0.15) is 11.1 Å². The highest BCUT2D eigenvalue weighted by atomic mass is 35.5. The second-order valence-corrected chi connectivity index (χ2v) is 6.17. The van der Waals surface area contributed by atoms with E-state index in [-0.39, 0.29) is 5.95 Å². The number of aromatic nitrogens is 4. The number of anilines is 1. The van der Waals surface area contributed by atoms with E-state index in [0.717, 1.165) is 10.4 Å². The number of hydrogen-bond acceptors (Lipinski definition) is 6. The molecule has 10 heteroatoms. The number of tetrazole rings is 1. The summed E-state index contributed by atoms with van der Waals surface area (Å²) in [4.78, 5) is 1.07. The highest BCUT2D eigenvalue weighted by molar-refractivity contribution is 6.36. The topological polar surface area (TPSA) is 91.2 Å². The minimum atomic E-state index is 0.0491. The van der Waals surface area contributed by atoms with Crippen molar-refractivity contribution in [1.82, 2.24) is 20.3 Å². The molecule has 0 saturated carbocycles. The summed E-state index contributed by atoms with van der Waals surface area (Å²) >= 11 is 18.2. The molecule has 0 saturated heterocycles. The lowest BCUT2D eigenvalue weighted by Gasteiger charge is -2.11. The molecule has 1 heterocycles. The normalized spacial score (nSPS) is 11.2. The Morgan fingerprint density at radius 3 is 2.56 bits per heavy atom. The Hall–Kier alpha value is -2.35. The lowest BCUT2D eigenvalue weighted by molar-refractivity contribution is 0.306. The fraction of sp³-hybridized carbons (Fsp3) is 0.0667. The van der Waals surface area contributed by atoms with Gasteiger partial charge in [-0.25, -0.2) is 0 Å². The van der Waals surface area contributed by atoms with Crippen LogP contribution in [0, 0.1) is 0 Å². The van der Waals surface area contributed by atoms with Crippen molar-refractivity contribution in [2.75, 3.05) is 5.73 Å². The number of ether oxygens (including phenoxy) is 1. The van der Waals surface area contributed by atoms with Crippen LogP contribution in [0.5, 0.6) is 5.75 Å². The summed E-state index contributed by atoms with van der Waals surface area (Å²) in [5.74, 6) is 0.476. The van der Waals surface area contributed by atoms with Gasteiger partial charge in [-0.2, -0.15) is 5.10 Å². The Bertz CT molecular complexity index is 910. The minimum absolute atomic E-state index is 0.0491. The van der Waals surface area contributed by atoms with E-state index in [9.17, 15) is 0 Å². The van der Waals surface area contributed by atoms with Gasteiger partial charge in [0.1, 0.15) is 12.4 Å². The summed E-state index contributed by atoms with van der Waals surface area (Å²) in [6, 6.07) is 10.5. The van der Waals surface area contributed by atoms with Gasteiger partial charge in [0.05, 0.1) is 11.2 Å². The van der Waals surface area contributed by atoms with Crippen molar-refractivity contribution in [2.45, 2.75) is 6.61 Å². The molecule has 7 nitrogen and oxygen atoms in total. The van der Waals surface area contributed by atoms with Crippen molar-refractivity contribution in [1.29, 1.82) is 0 Å². The van der Waals surface area contributed by atoms with Gasteiger partial charge in [0.2, 0.25) is 0 Å².